The summed E-state index contributed by atoms with van der Waals surface area (Å²) in [5, 5.41) is 9.11. The van der Waals surface area contributed by atoms with Gasteiger partial charge in [-0.1, -0.05) is 11.3 Å². The van der Waals surface area contributed by atoms with Crippen LogP contribution in [0.4, 0.5) is 16.5 Å². The normalized spacial score (nSPS) is 11.3. The third-order valence-corrected chi connectivity index (χ3v) is 4.37. The topological polar surface area (TPSA) is 50.1 Å². The third-order valence-electron chi connectivity index (χ3n) is 3.31. The molecule has 0 aliphatic heterocycles. The fourth-order valence-electron chi connectivity index (χ4n) is 2.10. The molecule has 1 aromatic heterocycles. The predicted octanol–water partition coefficient (Wildman–Crippen LogP) is 5.40. The van der Waals surface area contributed by atoms with Gasteiger partial charge in [-0.05, 0) is 42.5 Å². The SMILES string of the molecule is CN(C)c1ccc(N=Nc2nc3ccc(OCCCl)cc3s2)cc1. The van der Waals surface area contributed by atoms with E-state index in [0.29, 0.717) is 17.6 Å². The summed E-state index contributed by atoms with van der Waals surface area (Å²) in [5.41, 5.74) is 2.81. The maximum atomic E-state index is 5.64. The monoisotopic (exact) mass is 360 g/mol. The highest BCUT2D eigenvalue weighted by atomic mass is 35.5. The van der Waals surface area contributed by atoms with Gasteiger partial charge >= 0.3 is 0 Å². The number of rotatable bonds is 6. The Labute approximate surface area is 149 Å². The second-order valence-corrected chi connectivity index (χ2v) is 6.66. The maximum Gasteiger partial charge on any atom is 0.231 e. The molecule has 0 aliphatic rings. The maximum absolute atomic E-state index is 5.64. The lowest BCUT2D eigenvalue weighted by atomic mass is 10.3. The number of hydrogen-bond donors (Lipinski definition) is 0. The Morgan fingerprint density at radius 1 is 1.12 bits per heavy atom. The van der Waals surface area contributed by atoms with Crippen LogP contribution in [0.15, 0.2) is 52.7 Å². The molecule has 3 rings (SSSR count). The molecule has 0 bridgehead atoms. The second-order valence-electron chi connectivity index (χ2n) is 5.27. The van der Waals surface area contributed by atoms with E-state index in [1.54, 1.807) is 0 Å². The van der Waals surface area contributed by atoms with E-state index >= 15 is 0 Å². The van der Waals surface area contributed by atoms with E-state index in [4.69, 9.17) is 16.3 Å². The number of halogens is 1. The molecule has 0 saturated heterocycles. The number of anilines is 1. The molecule has 0 atom stereocenters. The van der Waals surface area contributed by atoms with Crippen molar-refractivity contribution in [2.45, 2.75) is 0 Å². The first-order valence-electron chi connectivity index (χ1n) is 7.44. The molecule has 7 heteroatoms. The molecule has 0 radical (unpaired) electrons. The molecular weight excluding hydrogens is 344 g/mol. The number of azo groups is 1. The summed E-state index contributed by atoms with van der Waals surface area (Å²) in [6.45, 7) is 0.487. The molecule has 0 spiro atoms. The van der Waals surface area contributed by atoms with Crippen molar-refractivity contribution in [1.82, 2.24) is 4.98 Å². The Morgan fingerprint density at radius 2 is 1.92 bits per heavy atom. The van der Waals surface area contributed by atoms with Gasteiger partial charge in [-0.15, -0.1) is 21.8 Å². The zero-order valence-corrected chi connectivity index (χ0v) is 15.0. The molecule has 0 unspecified atom stereocenters. The van der Waals surface area contributed by atoms with E-state index < -0.39 is 0 Å². The smallest absolute Gasteiger partial charge is 0.231 e. The lowest BCUT2D eigenvalue weighted by molar-refractivity contribution is 0.343. The summed E-state index contributed by atoms with van der Waals surface area (Å²) < 4.78 is 6.53. The molecule has 124 valence electrons. The summed E-state index contributed by atoms with van der Waals surface area (Å²) in [5.74, 6) is 1.25. The van der Waals surface area contributed by atoms with Gasteiger partial charge in [-0.2, -0.15) is 0 Å². The van der Waals surface area contributed by atoms with Gasteiger partial charge in [0.25, 0.3) is 0 Å². The van der Waals surface area contributed by atoms with Gasteiger partial charge in [-0.3, -0.25) is 0 Å². The van der Waals surface area contributed by atoms with Crippen molar-refractivity contribution in [1.29, 1.82) is 0 Å². The van der Waals surface area contributed by atoms with Crippen LogP contribution in [0, 0.1) is 0 Å². The molecule has 0 amide bonds. The average molecular weight is 361 g/mol. The van der Waals surface area contributed by atoms with Gasteiger partial charge in [0.05, 0.1) is 21.8 Å². The van der Waals surface area contributed by atoms with E-state index in [9.17, 15) is 0 Å². The highest BCUT2D eigenvalue weighted by Gasteiger charge is 2.05. The van der Waals surface area contributed by atoms with Crippen molar-refractivity contribution in [3.05, 3.63) is 42.5 Å². The Hall–Kier alpha value is -2.18. The minimum atomic E-state index is 0.465. The number of nitrogens with zero attached hydrogens (tertiary/aromatic N) is 4. The van der Waals surface area contributed by atoms with E-state index in [1.807, 2.05) is 61.5 Å². The molecule has 0 aliphatic carbocycles. The van der Waals surface area contributed by atoms with Crippen LogP contribution in [0.2, 0.25) is 0 Å². The fraction of sp³-hybridized carbons (Fsp3) is 0.235. The van der Waals surface area contributed by atoms with Crippen molar-refractivity contribution < 1.29 is 4.74 Å². The van der Waals surface area contributed by atoms with Crippen LogP contribution in [-0.4, -0.2) is 31.6 Å². The molecule has 24 heavy (non-hydrogen) atoms. The number of fused-ring (bicyclic) bond motifs is 1. The molecule has 0 fully saturated rings. The van der Waals surface area contributed by atoms with E-state index in [2.05, 4.69) is 15.2 Å². The van der Waals surface area contributed by atoms with Crippen LogP contribution in [0.5, 0.6) is 5.75 Å². The van der Waals surface area contributed by atoms with Crippen molar-refractivity contribution in [3.63, 3.8) is 0 Å². The van der Waals surface area contributed by atoms with Crippen molar-refractivity contribution in [2.24, 2.45) is 10.2 Å². The zero-order chi connectivity index (χ0) is 16.9. The molecular formula is C17H17ClN4OS. The Kier molecular flexibility index (Phi) is 5.27. The molecule has 0 N–H and O–H groups in total. The van der Waals surface area contributed by atoms with Crippen LogP contribution >= 0.6 is 22.9 Å². The third kappa shape index (κ3) is 4.01. The summed E-state index contributed by atoms with van der Waals surface area (Å²) >= 11 is 7.11. The Balaban J connectivity index is 1.76. The van der Waals surface area contributed by atoms with Gasteiger partial charge in [0.1, 0.15) is 12.4 Å². The molecule has 1 heterocycles. The van der Waals surface area contributed by atoms with Gasteiger partial charge in [-0.25, -0.2) is 4.98 Å². The van der Waals surface area contributed by atoms with Crippen LogP contribution in [0.1, 0.15) is 0 Å². The first-order valence-corrected chi connectivity index (χ1v) is 8.79. The largest absolute Gasteiger partial charge is 0.492 e. The summed E-state index contributed by atoms with van der Waals surface area (Å²) in [6.07, 6.45) is 0. The van der Waals surface area contributed by atoms with Gasteiger partial charge in [0.2, 0.25) is 5.13 Å². The standard InChI is InChI=1S/C17H17ClN4OS/c1-22(2)13-5-3-12(4-6-13)20-21-17-19-15-8-7-14(23-10-9-18)11-16(15)24-17/h3-8,11H,9-10H2,1-2H3. The molecule has 2 aromatic carbocycles. The van der Waals surface area contributed by atoms with E-state index in [1.165, 1.54) is 11.3 Å². The average Bonchev–Trinajstić information content (AvgIpc) is 3.00. The van der Waals surface area contributed by atoms with Crippen molar-refractivity contribution in [2.75, 3.05) is 31.5 Å². The summed E-state index contributed by atoms with van der Waals surface area (Å²) in [6, 6.07) is 13.6. The number of alkyl halides is 1. The zero-order valence-electron chi connectivity index (χ0n) is 13.4. The van der Waals surface area contributed by atoms with Gasteiger partial charge in [0.15, 0.2) is 0 Å². The molecule has 0 saturated carbocycles. The fourth-order valence-corrected chi connectivity index (χ4v) is 2.99. The number of hydrogen-bond acceptors (Lipinski definition) is 6. The van der Waals surface area contributed by atoms with Crippen LogP contribution < -0.4 is 9.64 Å². The summed E-state index contributed by atoms with van der Waals surface area (Å²) in [7, 11) is 4.01. The number of aromatic nitrogens is 1. The Morgan fingerprint density at radius 3 is 2.62 bits per heavy atom. The second kappa shape index (κ2) is 7.59. The number of benzene rings is 2. The Bertz CT molecular complexity index is 845. The highest BCUT2D eigenvalue weighted by Crippen LogP contribution is 2.32. The van der Waals surface area contributed by atoms with Crippen LogP contribution in [0.3, 0.4) is 0 Å². The molecule has 5 nitrogen and oxygen atoms in total. The van der Waals surface area contributed by atoms with E-state index in [-0.39, 0.29) is 0 Å². The predicted molar refractivity (Wildman–Crippen MR) is 101 cm³/mol. The minimum Gasteiger partial charge on any atom is -0.492 e. The lowest BCUT2D eigenvalue weighted by Gasteiger charge is -2.11. The first-order chi connectivity index (χ1) is 11.7. The van der Waals surface area contributed by atoms with Gasteiger partial charge < -0.3 is 9.64 Å². The molecule has 3 aromatic rings. The van der Waals surface area contributed by atoms with Crippen LogP contribution in [-0.2, 0) is 0 Å². The van der Waals surface area contributed by atoms with Crippen molar-refractivity contribution in [3.8, 4) is 5.75 Å². The van der Waals surface area contributed by atoms with Gasteiger partial charge in [0, 0.05) is 19.8 Å². The number of thiazole rings is 1. The lowest BCUT2D eigenvalue weighted by Crippen LogP contribution is -2.07. The number of ether oxygens (including phenoxy) is 1. The first kappa shape index (κ1) is 16.7. The summed E-state index contributed by atoms with van der Waals surface area (Å²) in [4.78, 5) is 6.50. The van der Waals surface area contributed by atoms with E-state index in [0.717, 1.165) is 27.3 Å². The van der Waals surface area contributed by atoms with Crippen LogP contribution in [0.25, 0.3) is 10.2 Å². The minimum absolute atomic E-state index is 0.465. The quantitative estimate of drug-likeness (QED) is 0.437. The highest BCUT2D eigenvalue weighted by molar-refractivity contribution is 7.21. The van der Waals surface area contributed by atoms with Crippen molar-refractivity contribution >= 4 is 49.7 Å².